The molecule has 0 heterocycles. The summed E-state index contributed by atoms with van der Waals surface area (Å²) in [6.45, 7) is 13.4. The van der Waals surface area contributed by atoms with Crippen molar-refractivity contribution in [3.8, 4) is 0 Å². The van der Waals surface area contributed by atoms with E-state index < -0.39 is 0 Å². The van der Waals surface area contributed by atoms with Crippen LogP contribution in [0.1, 0.15) is 60.3 Å². The second kappa shape index (κ2) is 6.61. The Balaban J connectivity index is 3.75. The van der Waals surface area contributed by atoms with Crippen LogP contribution in [0.5, 0.6) is 0 Å². The lowest BCUT2D eigenvalue weighted by Gasteiger charge is -2.35. The zero-order valence-electron chi connectivity index (χ0n) is 12.3. The van der Waals surface area contributed by atoms with Crippen molar-refractivity contribution in [3.63, 3.8) is 0 Å². The molecule has 2 N–H and O–H groups in total. The van der Waals surface area contributed by atoms with Crippen LogP contribution in [0.15, 0.2) is 0 Å². The maximum atomic E-state index is 5.73. The quantitative estimate of drug-likeness (QED) is 0.646. The maximum absolute atomic E-state index is 5.73. The molecule has 0 aromatic carbocycles. The minimum absolute atomic E-state index is 0.318. The van der Waals surface area contributed by atoms with Crippen molar-refractivity contribution in [2.24, 2.45) is 11.1 Å². The number of nitrogens with zero attached hydrogens (tertiary/aromatic N) is 1. The van der Waals surface area contributed by atoms with Crippen molar-refractivity contribution in [2.75, 3.05) is 20.1 Å². The number of hydrogen-bond donors (Lipinski definition) is 1. The molecule has 16 heavy (non-hydrogen) atoms. The van der Waals surface area contributed by atoms with Gasteiger partial charge in [-0.1, -0.05) is 27.2 Å². The third-order valence-electron chi connectivity index (χ3n) is 4.05. The summed E-state index contributed by atoms with van der Waals surface area (Å²) >= 11 is 0. The normalized spacial score (nSPS) is 13.5. The summed E-state index contributed by atoms with van der Waals surface area (Å²) in [4.78, 5) is 2.47. The lowest BCUT2D eigenvalue weighted by atomic mass is 9.87. The summed E-state index contributed by atoms with van der Waals surface area (Å²) < 4.78 is 0. The van der Waals surface area contributed by atoms with Crippen LogP contribution in [0.25, 0.3) is 0 Å². The fourth-order valence-corrected chi connectivity index (χ4v) is 1.63. The molecule has 0 fully saturated rings. The molecule has 0 rings (SSSR count). The van der Waals surface area contributed by atoms with Crippen molar-refractivity contribution in [1.29, 1.82) is 0 Å². The third kappa shape index (κ3) is 5.86. The van der Waals surface area contributed by atoms with Gasteiger partial charge < -0.3 is 10.6 Å². The van der Waals surface area contributed by atoms with Gasteiger partial charge in [0, 0.05) is 5.54 Å². The predicted octanol–water partition coefficient (Wildman–Crippen LogP) is 3.26. The maximum Gasteiger partial charge on any atom is 0.0147 e. The second-order valence-electron chi connectivity index (χ2n) is 6.41. The Morgan fingerprint density at radius 1 is 1.06 bits per heavy atom. The zero-order chi connectivity index (χ0) is 12.8. The summed E-state index contributed by atoms with van der Waals surface area (Å²) in [5, 5.41) is 0. The highest BCUT2D eigenvalue weighted by Crippen LogP contribution is 2.22. The number of hydrogen-bond acceptors (Lipinski definition) is 2. The Kier molecular flexibility index (Phi) is 6.57. The lowest BCUT2D eigenvalue weighted by molar-refractivity contribution is 0.146. The zero-order valence-corrected chi connectivity index (χ0v) is 12.3. The van der Waals surface area contributed by atoms with Crippen molar-refractivity contribution >= 4 is 0 Å². The highest BCUT2D eigenvalue weighted by atomic mass is 15.2. The Morgan fingerprint density at radius 2 is 1.62 bits per heavy atom. The van der Waals surface area contributed by atoms with Gasteiger partial charge in [-0.3, -0.25) is 0 Å². The molecular formula is C14H32N2. The van der Waals surface area contributed by atoms with Crippen molar-refractivity contribution in [3.05, 3.63) is 0 Å². The van der Waals surface area contributed by atoms with Gasteiger partial charge in [0.2, 0.25) is 0 Å². The van der Waals surface area contributed by atoms with E-state index in [1.807, 2.05) is 0 Å². The van der Waals surface area contributed by atoms with Crippen molar-refractivity contribution in [2.45, 2.75) is 65.8 Å². The molecule has 0 aromatic rings. The molecular weight excluding hydrogens is 196 g/mol. The van der Waals surface area contributed by atoms with Gasteiger partial charge in [-0.2, -0.15) is 0 Å². The van der Waals surface area contributed by atoms with Crippen LogP contribution in [0.4, 0.5) is 0 Å². The van der Waals surface area contributed by atoms with Gasteiger partial charge in [0.1, 0.15) is 0 Å². The van der Waals surface area contributed by atoms with Gasteiger partial charge in [0.25, 0.3) is 0 Å². The molecule has 0 aliphatic heterocycles. The highest BCUT2D eigenvalue weighted by molar-refractivity contribution is 4.77. The van der Waals surface area contributed by atoms with E-state index in [0.717, 1.165) is 6.54 Å². The molecule has 0 spiro atoms. The molecule has 0 amide bonds. The van der Waals surface area contributed by atoms with E-state index in [4.69, 9.17) is 5.73 Å². The average Bonchev–Trinajstić information content (AvgIpc) is 2.24. The van der Waals surface area contributed by atoms with Crippen LogP contribution < -0.4 is 5.73 Å². The van der Waals surface area contributed by atoms with E-state index in [9.17, 15) is 0 Å². The molecule has 2 nitrogen and oxygen atoms in total. The molecule has 2 heteroatoms. The third-order valence-corrected chi connectivity index (χ3v) is 4.05. The first-order chi connectivity index (χ1) is 7.25. The Hall–Kier alpha value is -0.0800. The van der Waals surface area contributed by atoms with Crippen LogP contribution >= 0.6 is 0 Å². The first-order valence-corrected chi connectivity index (χ1v) is 6.66. The first kappa shape index (κ1) is 15.9. The molecule has 98 valence electrons. The predicted molar refractivity (Wildman–Crippen MR) is 73.7 cm³/mol. The Morgan fingerprint density at radius 3 is 2.06 bits per heavy atom. The lowest BCUT2D eigenvalue weighted by Crippen LogP contribution is -2.41. The second-order valence-corrected chi connectivity index (χ2v) is 6.41. The van der Waals surface area contributed by atoms with Crippen LogP contribution in [0, 0.1) is 5.41 Å². The summed E-state index contributed by atoms with van der Waals surface area (Å²) in [5.41, 5.74) is 6.38. The first-order valence-electron chi connectivity index (χ1n) is 6.66. The molecule has 0 atom stereocenters. The fourth-order valence-electron chi connectivity index (χ4n) is 1.63. The minimum atomic E-state index is 0.318. The summed E-state index contributed by atoms with van der Waals surface area (Å²) in [6, 6.07) is 0. The topological polar surface area (TPSA) is 29.3 Å². The van der Waals surface area contributed by atoms with Crippen molar-refractivity contribution < 1.29 is 0 Å². The summed E-state index contributed by atoms with van der Waals surface area (Å²) in [7, 11) is 2.23. The van der Waals surface area contributed by atoms with Gasteiger partial charge in [-0.05, 0) is 58.7 Å². The fraction of sp³-hybridized carbons (Fsp3) is 1.00. The van der Waals surface area contributed by atoms with E-state index in [0.29, 0.717) is 11.0 Å². The van der Waals surface area contributed by atoms with Gasteiger partial charge in [-0.15, -0.1) is 0 Å². The molecule has 0 saturated heterocycles. The van der Waals surface area contributed by atoms with E-state index in [1.54, 1.807) is 0 Å². The van der Waals surface area contributed by atoms with E-state index in [1.165, 1.54) is 32.2 Å². The van der Waals surface area contributed by atoms with E-state index >= 15 is 0 Å². The Labute approximate surface area is 103 Å². The number of nitrogens with two attached hydrogens (primary N) is 1. The van der Waals surface area contributed by atoms with Gasteiger partial charge in [0.05, 0.1) is 0 Å². The van der Waals surface area contributed by atoms with Crippen LogP contribution in [-0.2, 0) is 0 Å². The van der Waals surface area contributed by atoms with Crippen molar-refractivity contribution in [1.82, 2.24) is 4.90 Å². The van der Waals surface area contributed by atoms with E-state index in [2.05, 4.69) is 46.6 Å². The molecule has 0 aromatic heterocycles. The highest BCUT2D eigenvalue weighted by Gasteiger charge is 2.20. The average molecular weight is 228 g/mol. The van der Waals surface area contributed by atoms with Gasteiger partial charge in [-0.25, -0.2) is 0 Å². The molecule has 0 bridgehead atoms. The smallest absolute Gasteiger partial charge is 0.0147 e. The van der Waals surface area contributed by atoms with Crippen LogP contribution in [0.3, 0.4) is 0 Å². The van der Waals surface area contributed by atoms with Crippen LogP contribution in [0.2, 0.25) is 0 Å². The Bertz CT molecular complexity index is 185. The monoisotopic (exact) mass is 228 g/mol. The summed E-state index contributed by atoms with van der Waals surface area (Å²) in [5.74, 6) is 0. The van der Waals surface area contributed by atoms with Gasteiger partial charge in [0.15, 0.2) is 0 Å². The van der Waals surface area contributed by atoms with Gasteiger partial charge >= 0.3 is 0 Å². The molecule has 0 aliphatic rings. The number of rotatable bonds is 8. The minimum Gasteiger partial charge on any atom is -0.330 e. The molecule has 0 saturated carbocycles. The number of unbranched alkanes of at least 4 members (excludes halogenated alkanes) is 1. The van der Waals surface area contributed by atoms with Crippen LogP contribution in [-0.4, -0.2) is 30.6 Å². The molecule has 0 radical (unpaired) electrons. The summed E-state index contributed by atoms with van der Waals surface area (Å²) in [6.07, 6.45) is 5.01. The van der Waals surface area contributed by atoms with E-state index in [-0.39, 0.29) is 0 Å². The molecule has 0 aliphatic carbocycles. The molecule has 0 unspecified atom stereocenters. The largest absolute Gasteiger partial charge is 0.330 e. The SMILES string of the molecule is CCC(C)(C)N(C)CCCCC(C)(C)CN. The standard InChI is InChI=1S/C14H32N2/c1-7-14(4,5)16(6)11-9-8-10-13(2,3)12-15/h7-12,15H2,1-6H3.